The molecule has 49 heavy (non-hydrogen) atoms. The highest BCUT2D eigenvalue weighted by Crippen LogP contribution is 2.43. The molecule has 0 atom stereocenters. The molecule has 9 rings (SSSR count). The Kier molecular flexibility index (Phi) is 7.22. The Morgan fingerprint density at radius 3 is 0.796 bits per heavy atom. The van der Waals surface area contributed by atoms with E-state index in [4.69, 9.17) is 0 Å². The molecule has 1 heteroatoms. The Labute approximate surface area is 288 Å². The molecule has 0 aromatic heterocycles. The van der Waals surface area contributed by atoms with Gasteiger partial charge in [-0.25, -0.2) is 0 Å². The maximum absolute atomic E-state index is 2.39. The number of nitrogens with zero attached hydrogens (tertiary/aromatic N) is 1. The van der Waals surface area contributed by atoms with Crippen LogP contribution in [0, 0.1) is 0 Å². The second kappa shape index (κ2) is 12.3. The minimum Gasteiger partial charge on any atom is -0.310 e. The lowest BCUT2D eigenvalue weighted by atomic mass is 9.88. The SMILES string of the molecule is C1=C(c2cccc(-c3ccccc3)c2)C=C2C=C(c3cccc(-c4ccccc4)c3)C=C3C=C(c4cccc(-c5ccccc5)c4)C=C1N23. The monoisotopic (exact) mass is 623 g/mol. The molecule has 0 N–H and O–H groups in total. The average Bonchev–Trinajstić information content (AvgIpc) is 3.19. The van der Waals surface area contributed by atoms with Gasteiger partial charge in [0.05, 0.1) is 0 Å². The molecule has 0 saturated carbocycles. The summed E-state index contributed by atoms with van der Waals surface area (Å²) >= 11 is 0. The third kappa shape index (κ3) is 5.62. The van der Waals surface area contributed by atoms with E-state index in [-0.39, 0.29) is 0 Å². The van der Waals surface area contributed by atoms with Gasteiger partial charge in [0.25, 0.3) is 0 Å². The summed E-state index contributed by atoms with van der Waals surface area (Å²) in [5.74, 6) is 0. The maximum Gasteiger partial charge on any atom is 0.0474 e. The first-order chi connectivity index (χ1) is 24.2. The van der Waals surface area contributed by atoms with E-state index in [0.717, 1.165) is 0 Å². The molecule has 3 heterocycles. The van der Waals surface area contributed by atoms with Crippen molar-refractivity contribution in [1.29, 1.82) is 0 Å². The molecule has 3 aliphatic rings. The molecule has 0 spiro atoms. The van der Waals surface area contributed by atoms with Gasteiger partial charge in [0.2, 0.25) is 0 Å². The zero-order valence-electron chi connectivity index (χ0n) is 27.0. The first-order valence-electron chi connectivity index (χ1n) is 16.8. The van der Waals surface area contributed by atoms with E-state index in [9.17, 15) is 0 Å². The van der Waals surface area contributed by atoms with Crippen molar-refractivity contribution in [3.8, 4) is 33.4 Å². The van der Waals surface area contributed by atoms with Crippen molar-refractivity contribution in [3.05, 3.63) is 234 Å². The second-order valence-corrected chi connectivity index (χ2v) is 12.7. The third-order valence-electron chi connectivity index (χ3n) is 9.50. The van der Waals surface area contributed by atoms with Gasteiger partial charge in [0, 0.05) is 17.1 Å². The minimum atomic E-state index is 1.17. The zero-order chi connectivity index (χ0) is 32.6. The van der Waals surface area contributed by atoms with Gasteiger partial charge >= 0.3 is 0 Å². The molecule has 0 bridgehead atoms. The van der Waals surface area contributed by atoms with Crippen LogP contribution in [0.2, 0.25) is 0 Å². The summed E-state index contributed by atoms with van der Waals surface area (Å²) in [7, 11) is 0. The molecule has 0 unspecified atom stereocenters. The van der Waals surface area contributed by atoms with Gasteiger partial charge < -0.3 is 4.90 Å². The van der Waals surface area contributed by atoms with Gasteiger partial charge in [-0.15, -0.1) is 0 Å². The van der Waals surface area contributed by atoms with Crippen LogP contribution in [-0.2, 0) is 0 Å². The van der Waals surface area contributed by atoms with Crippen LogP contribution in [0.4, 0.5) is 0 Å². The van der Waals surface area contributed by atoms with Crippen molar-refractivity contribution in [2.75, 3.05) is 0 Å². The Morgan fingerprint density at radius 2 is 0.490 bits per heavy atom. The van der Waals surface area contributed by atoms with Crippen LogP contribution < -0.4 is 0 Å². The number of hydrogen-bond acceptors (Lipinski definition) is 1. The van der Waals surface area contributed by atoms with Gasteiger partial charge in [0.1, 0.15) is 0 Å². The Balaban J connectivity index is 1.19. The van der Waals surface area contributed by atoms with Crippen molar-refractivity contribution in [2.45, 2.75) is 0 Å². The Hall–Kier alpha value is -6.44. The van der Waals surface area contributed by atoms with E-state index in [2.05, 4.69) is 205 Å². The van der Waals surface area contributed by atoms with E-state index < -0.39 is 0 Å². The van der Waals surface area contributed by atoms with Crippen molar-refractivity contribution >= 4 is 16.7 Å². The summed E-state index contributed by atoms with van der Waals surface area (Å²) in [6.07, 6.45) is 14.0. The predicted molar refractivity (Wildman–Crippen MR) is 206 cm³/mol. The first kappa shape index (κ1) is 28.8. The largest absolute Gasteiger partial charge is 0.310 e. The van der Waals surface area contributed by atoms with E-state index >= 15 is 0 Å². The molecule has 1 nitrogen and oxygen atoms in total. The lowest BCUT2D eigenvalue weighted by Crippen LogP contribution is -2.26. The van der Waals surface area contributed by atoms with Crippen LogP contribution in [0.1, 0.15) is 16.7 Å². The average molecular weight is 624 g/mol. The fourth-order valence-electron chi connectivity index (χ4n) is 7.07. The van der Waals surface area contributed by atoms with Crippen LogP contribution in [-0.4, -0.2) is 4.90 Å². The molecule has 0 radical (unpaired) electrons. The lowest BCUT2D eigenvalue weighted by molar-refractivity contribution is 0.567. The first-order valence-corrected chi connectivity index (χ1v) is 16.8. The van der Waals surface area contributed by atoms with Crippen LogP contribution in [0.25, 0.3) is 50.1 Å². The Bertz CT molecular complexity index is 2130. The van der Waals surface area contributed by atoms with Crippen molar-refractivity contribution < 1.29 is 0 Å². The third-order valence-corrected chi connectivity index (χ3v) is 9.50. The van der Waals surface area contributed by atoms with Gasteiger partial charge in [0.15, 0.2) is 0 Å². The van der Waals surface area contributed by atoms with E-state index in [1.807, 2.05) is 0 Å². The summed E-state index contributed by atoms with van der Waals surface area (Å²) in [6, 6.07) is 58.6. The normalized spacial score (nSPS) is 14.8. The molecular weight excluding hydrogens is 591 g/mol. The van der Waals surface area contributed by atoms with Crippen molar-refractivity contribution in [1.82, 2.24) is 4.90 Å². The highest BCUT2D eigenvalue weighted by molar-refractivity contribution is 5.91. The molecule has 0 aliphatic carbocycles. The standard InChI is InChI=1S/C48H33N/c1-4-13-34(14-5-1)37-19-10-22-40(25-37)43-28-46-30-44(41-23-11-20-38(26-41)35-15-6-2-7-16-35)32-48-33-45(31-47(29-43)49(46)48)42-24-12-21-39(27-42)36-17-8-3-9-18-36/h1-33H. The molecule has 230 valence electrons. The maximum atomic E-state index is 2.39. The lowest BCUT2D eigenvalue weighted by Gasteiger charge is -2.37. The molecular formula is C48H33N. The van der Waals surface area contributed by atoms with Gasteiger partial charge in [-0.05, 0) is 121 Å². The molecule has 6 aromatic carbocycles. The number of allylic oxidation sites excluding steroid dienone is 9. The van der Waals surface area contributed by atoms with Gasteiger partial charge in [-0.2, -0.15) is 0 Å². The Morgan fingerprint density at radius 1 is 0.224 bits per heavy atom. The summed E-state index contributed by atoms with van der Waals surface area (Å²) in [6.45, 7) is 0. The second-order valence-electron chi connectivity index (χ2n) is 12.7. The zero-order valence-corrected chi connectivity index (χ0v) is 27.0. The van der Waals surface area contributed by atoms with Crippen molar-refractivity contribution in [3.63, 3.8) is 0 Å². The van der Waals surface area contributed by atoms with Gasteiger partial charge in [-0.1, -0.05) is 146 Å². The smallest absolute Gasteiger partial charge is 0.0474 e. The minimum absolute atomic E-state index is 1.17. The highest BCUT2D eigenvalue weighted by Gasteiger charge is 2.28. The van der Waals surface area contributed by atoms with Crippen LogP contribution >= 0.6 is 0 Å². The quantitative estimate of drug-likeness (QED) is 0.178. The van der Waals surface area contributed by atoms with E-state index in [0.29, 0.717) is 0 Å². The van der Waals surface area contributed by atoms with Crippen LogP contribution in [0.3, 0.4) is 0 Å². The molecule has 0 fully saturated rings. The van der Waals surface area contributed by atoms with E-state index in [1.54, 1.807) is 0 Å². The topological polar surface area (TPSA) is 3.24 Å². The number of hydrogen-bond donors (Lipinski definition) is 0. The fourth-order valence-corrected chi connectivity index (χ4v) is 7.07. The highest BCUT2D eigenvalue weighted by atomic mass is 15.2. The predicted octanol–water partition coefficient (Wildman–Crippen LogP) is 12.2. The number of benzene rings is 6. The summed E-state index contributed by atoms with van der Waals surface area (Å²) in [5, 5.41) is 0. The molecule has 6 aromatic rings. The van der Waals surface area contributed by atoms with Crippen LogP contribution in [0.15, 0.2) is 217 Å². The summed E-state index contributed by atoms with van der Waals surface area (Å²) in [5.41, 5.74) is 18.0. The molecule has 0 amide bonds. The summed E-state index contributed by atoms with van der Waals surface area (Å²) in [4.78, 5) is 2.39. The fraction of sp³-hybridized carbons (Fsp3) is 0. The van der Waals surface area contributed by atoms with E-state index in [1.165, 1.54) is 83.9 Å². The number of rotatable bonds is 6. The molecule has 0 saturated heterocycles. The van der Waals surface area contributed by atoms with Crippen LogP contribution in [0.5, 0.6) is 0 Å². The summed E-state index contributed by atoms with van der Waals surface area (Å²) < 4.78 is 0. The molecule has 3 aliphatic heterocycles. The van der Waals surface area contributed by atoms with Gasteiger partial charge in [-0.3, -0.25) is 0 Å². The van der Waals surface area contributed by atoms with Crippen molar-refractivity contribution in [2.24, 2.45) is 0 Å².